The molecule has 3 heteroatoms. The van der Waals surface area contributed by atoms with Crippen LogP contribution in [0.15, 0.2) is 12.7 Å². The van der Waals surface area contributed by atoms with Gasteiger partial charge in [-0.1, -0.05) is 13.0 Å². The van der Waals surface area contributed by atoms with E-state index in [-0.39, 0.29) is 17.4 Å². The fraction of sp³-hybridized carbons (Fsp3) is 0.800. The van der Waals surface area contributed by atoms with E-state index in [4.69, 9.17) is 5.73 Å². The van der Waals surface area contributed by atoms with E-state index in [1.807, 2.05) is 4.90 Å². The Labute approximate surface area is 111 Å². The molecule has 0 aromatic carbocycles. The topological polar surface area (TPSA) is 46.3 Å². The molecule has 1 aliphatic rings. The highest BCUT2D eigenvalue weighted by Gasteiger charge is 2.42. The SMILES string of the molecule is C=CCN(C(=O)C1(CN)CCC(C)CC1)C(C)C. The van der Waals surface area contributed by atoms with Gasteiger partial charge in [0, 0.05) is 19.1 Å². The van der Waals surface area contributed by atoms with Crippen LogP contribution in [-0.4, -0.2) is 29.9 Å². The number of hydrogen-bond donors (Lipinski definition) is 1. The number of rotatable bonds is 5. The Morgan fingerprint density at radius 1 is 1.50 bits per heavy atom. The molecule has 0 bridgehead atoms. The van der Waals surface area contributed by atoms with Crippen molar-refractivity contribution in [1.82, 2.24) is 4.90 Å². The van der Waals surface area contributed by atoms with E-state index in [2.05, 4.69) is 27.4 Å². The lowest BCUT2D eigenvalue weighted by Crippen LogP contribution is -2.51. The minimum Gasteiger partial charge on any atom is -0.336 e. The summed E-state index contributed by atoms with van der Waals surface area (Å²) in [6.07, 6.45) is 5.90. The van der Waals surface area contributed by atoms with Crippen LogP contribution in [0.2, 0.25) is 0 Å². The Morgan fingerprint density at radius 2 is 2.06 bits per heavy atom. The van der Waals surface area contributed by atoms with Crippen molar-refractivity contribution >= 4 is 5.91 Å². The summed E-state index contributed by atoms with van der Waals surface area (Å²) in [6, 6.07) is 0.207. The predicted molar refractivity (Wildman–Crippen MR) is 76.2 cm³/mol. The molecule has 1 aliphatic carbocycles. The maximum absolute atomic E-state index is 12.8. The first-order valence-corrected chi connectivity index (χ1v) is 7.09. The highest BCUT2D eigenvalue weighted by Crippen LogP contribution is 2.39. The van der Waals surface area contributed by atoms with Gasteiger partial charge >= 0.3 is 0 Å². The van der Waals surface area contributed by atoms with E-state index in [9.17, 15) is 4.79 Å². The molecule has 0 aliphatic heterocycles. The molecule has 2 N–H and O–H groups in total. The summed E-state index contributed by atoms with van der Waals surface area (Å²) in [5, 5.41) is 0. The average Bonchev–Trinajstić information content (AvgIpc) is 2.36. The number of carbonyl (C=O) groups is 1. The van der Waals surface area contributed by atoms with Gasteiger partial charge in [0.1, 0.15) is 0 Å². The molecular weight excluding hydrogens is 224 g/mol. The lowest BCUT2D eigenvalue weighted by Gasteiger charge is -2.41. The molecule has 1 rings (SSSR count). The smallest absolute Gasteiger partial charge is 0.230 e. The summed E-state index contributed by atoms with van der Waals surface area (Å²) < 4.78 is 0. The third-order valence-electron chi connectivity index (χ3n) is 4.29. The zero-order valence-corrected chi connectivity index (χ0v) is 12.1. The van der Waals surface area contributed by atoms with Crippen LogP contribution >= 0.6 is 0 Å². The van der Waals surface area contributed by atoms with Gasteiger partial charge in [-0.3, -0.25) is 4.79 Å². The molecule has 0 spiro atoms. The van der Waals surface area contributed by atoms with Crippen LogP contribution < -0.4 is 5.73 Å². The number of nitrogens with two attached hydrogens (primary N) is 1. The number of hydrogen-bond acceptors (Lipinski definition) is 2. The highest BCUT2D eigenvalue weighted by molar-refractivity contribution is 5.83. The van der Waals surface area contributed by atoms with Crippen LogP contribution in [0.1, 0.15) is 46.5 Å². The summed E-state index contributed by atoms with van der Waals surface area (Å²) >= 11 is 0. The minimum atomic E-state index is -0.320. The summed E-state index contributed by atoms with van der Waals surface area (Å²) in [7, 11) is 0. The molecule has 18 heavy (non-hydrogen) atoms. The van der Waals surface area contributed by atoms with Gasteiger partial charge in [0.05, 0.1) is 5.41 Å². The van der Waals surface area contributed by atoms with Crippen molar-refractivity contribution < 1.29 is 4.79 Å². The van der Waals surface area contributed by atoms with E-state index in [1.54, 1.807) is 6.08 Å². The Kier molecular flexibility index (Phi) is 5.39. The van der Waals surface area contributed by atoms with E-state index in [0.717, 1.165) is 31.6 Å². The second-order valence-electron chi connectivity index (χ2n) is 6.01. The van der Waals surface area contributed by atoms with Crippen LogP contribution in [0.5, 0.6) is 0 Å². The molecule has 1 saturated carbocycles. The van der Waals surface area contributed by atoms with Gasteiger partial charge in [-0.15, -0.1) is 6.58 Å². The van der Waals surface area contributed by atoms with Crippen LogP contribution in [0.3, 0.4) is 0 Å². The van der Waals surface area contributed by atoms with E-state index < -0.39 is 0 Å². The molecule has 1 amide bonds. The summed E-state index contributed by atoms with van der Waals surface area (Å²) in [4.78, 5) is 14.7. The van der Waals surface area contributed by atoms with Crippen molar-refractivity contribution in [3.63, 3.8) is 0 Å². The van der Waals surface area contributed by atoms with Gasteiger partial charge in [0.15, 0.2) is 0 Å². The van der Waals surface area contributed by atoms with Crippen LogP contribution in [0.4, 0.5) is 0 Å². The van der Waals surface area contributed by atoms with E-state index in [1.165, 1.54) is 0 Å². The maximum Gasteiger partial charge on any atom is 0.230 e. The second kappa shape index (κ2) is 6.37. The quantitative estimate of drug-likeness (QED) is 0.764. The summed E-state index contributed by atoms with van der Waals surface area (Å²) in [5.41, 5.74) is 5.63. The first-order valence-electron chi connectivity index (χ1n) is 7.09. The molecule has 3 nitrogen and oxygen atoms in total. The van der Waals surface area contributed by atoms with Gasteiger partial charge in [0.2, 0.25) is 5.91 Å². The van der Waals surface area contributed by atoms with Crippen LogP contribution in [-0.2, 0) is 4.79 Å². The van der Waals surface area contributed by atoms with Crippen molar-refractivity contribution in [3.8, 4) is 0 Å². The largest absolute Gasteiger partial charge is 0.336 e. The zero-order chi connectivity index (χ0) is 13.8. The third kappa shape index (κ3) is 3.14. The van der Waals surface area contributed by atoms with Crippen molar-refractivity contribution in [2.45, 2.75) is 52.5 Å². The standard InChI is InChI=1S/C15H28N2O/c1-5-10-17(12(2)3)14(18)15(11-16)8-6-13(4)7-9-15/h5,12-13H,1,6-11,16H2,2-4H3. The molecule has 0 atom stereocenters. The van der Waals surface area contributed by atoms with Crippen LogP contribution in [0, 0.1) is 11.3 Å². The van der Waals surface area contributed by atoms with Crippen molar-refractivity contribution in [3.05, 3.63) is 12.7 Å². The lowest BCUT2D eigenvalue weighted by molar-refractivity contribution is -0.145. The number of carbonyl (C=O) groups excluding carboxylic acids is 1. The summed E-state index contributed by atoms with van der Waals surface area (Å²) in [5.74, 6) is 0.955. The molecule has 0 heterocycles. The number of amides is 1. The Morgan fingerprint density at radius 3 is 2.44 bits per heavy atom. The Balaban J connectivity index is 2.86. The first-order chi connectivity index (χ1) is 8.46. The summed E-state index contributed by atoms with van der Waals surface area (Å²) in [6.45, 7) is 11.2. The molecule has 1 fully saturated rings. The van der Waals surface area contributed by atoms with E-state index >= 15 is 0 Å². The molecule has 0 saturated heterocycles. The average molecular weight is 252 g/mol. The van der Waals surface area contributed by atoms with Gasteiger partial charge < -0.3 is 10.6 Å². The van der Waals surface area contributed by atoms with Gasteiger partial charge in [-0.25, -0.2) is 0 Å². The van der Waals surface area contributed by atoms with Crippen molar-refractivity contribution in [1.29, 1.82) is 0 Å². The van der Waals surface area contributed by atoms with Crippen LogP contribution in [0.25, 0.3) is 0 Å². The molecule has 104 valence electrons. The zero-order valence-electron chi connectivity index (χ0n) is 12.1. The maximum atomic E-state index is 12.8. The predicted octanol–water partition coefficient (Wildman–Crippen LogP) is 2.56. The molecule has 0 unspecified atom stereocenters. The fourth-order valence-corrected chi connectivity index (χ4v) is 2.79. The van der Waals surface area contributed by atoms with E-state index in [0.29, 0.717) is 13.1 Å². The van der Waals surface area contributed by atoms with Gasteiger partial charge in [0.25, 0.3) is 0 Å². The molecular formula is C15H28N2O. The van der Waals surface area contributed by atoms with Crippen molar-refractivity contribution in [2.75, 3.05) is 13.1 Å². The molecule has 0 aromatic rings. The number of nitrogens with zero attached hydrogens (tertiary/aromatic N) is 1. The molecule has 0 aromatic heterocycles. The first kappa shape index (κ1) is 15.2. The highest BCUT2D eigenvalue weighted by atomic mass is 16.2. The lowest BCUT2D eigenvalue weighted by atomic mass is 9.70. The van der Waals surface area contributed by atoms with Gasteiger partial charge in [-0.05, 0) is 45.4 Å². The Hall–Kier alpha value is -0.830. The monoisotopic (exact) mass is 252 g/mol. The minimum absolute atomic E-state index is 0.207. The normalized spacial score (nSPS) is 28.2. The van der Waals surface area contributed by atoms with Gasteiger partial charge in [-0.2, -0.15) is 0 Å². The third-order valence-corrected chi connectivity index (χ3v) is 4.29. The molecule has 0 radical (unpaired) electrons. The Bertz CT molecular complexity index is 291. The fourth-order valence-electron chi connectivity index (χ4n) is 2.79. The van der Waals surface area contributed by atoms with Crippen molar-refractivity contribution in [2.24, 2.45) is 17.1 Å². The second-order valence-corrected chi connectivity index (χ2v) is 6.01.